The zero-order valence-electron chi connectivity index (χ0n) is 17.8. The van der Waals surface area contributed by atoms with E-state index in [2.05, 4.69) is 15.4 Å². The van der Waals surface area contributed by atoms with Crippen LogP contribution in [0.2, 0.25) is 0 Å². The summed E-state index contributed by atoms with van der Waals surface area (Å²) in [6.07, 6.45) is 0.378. The molecule has 0 radical (unpaired) electrons. The maximum atomic E-state index is 13.3. The summed E-state index contributed by atoms with van der Waals surface area (Å²) in [5, 5.41) is 5.89. The quantitative estimate of drug-likeness (QED) is 0.452. The molecular weight excluding hydrogens is 457 g/mol. The van der Waals surface area contributed by atoms with Crippen molar-refractivity contribution < 1.29 is 32.2 Å². The van der Waals surface area contributed by atoms with Crippen molar-refractivity contribution in [2.45, 2.75) is 20.0 Å². The van der Waals surface area contributed by atoms with E-state index in [1.807, 2.05) is 0 Å². The fourth-order valence-electron chi connectivity index (χ4n) is 3.05. The lowest BCUT2D eigenvalue weighted by atomic mass is 10.1. The van der Waals surface area contributed by atoms with Gasteiger partial charge >= 0.3 is 6.61 Å². The van der Waals surface area contributed by atoms with Crippen LogP contribution < -0.4 is 20.1 Å². The molecule has 0 unspecified atom stereocenters. The van der Waals surface area contributed by atoms with E-state index in [1.54, 1.807) is 19.1 Å². The van der Waals surface area contributed by atoms with E-state index < -0.39 is 18.3 Å². The molecular formula is C23H21F3N2O4S. The molecule has 2 amide bonds. The summed E-state index contributed by atoms with van der Waals surface area (Å²) in [4.78, 5) is 25.3. The van der Waals surface area contributed by atoms with Gasteiger partial charge in [0.05, 0.1) is 17.0 Å². The van der Waals surface area contributed by atoms with Crippen LogP contribution in [-0.4, -0.2) is 32.1 Å². The molecule has 6 nitrogen and oxygen atoms in total. The summed E-state index contributed by atoms with van der Waals surface area (Å²) in [5.41, 5.74) is 1.52. The molecule has 0 atom stereocenters. The number of thiophene rings is 1. The van der Waals surface area contributed by atoms with Crippen molar-refractivity contribution in [1.82, 2.24) is 5.32 Å². The van der Waals surface area contributed by atoms with Gasteiger partial charge in [-0.2, -0.15) is 8.78 Å². The van der Waals surface area contributed by atoms with E-state index in [9.17, 15) is 22.8 Å². The molecule has 0 aliphatic heterocycles. The number of alkyl halides is 2. The van der Waals surface area contributed by atoms with Crippen molar-refractivity contribution in [2.24, 2.45) is 0 Å². The Labute approximate surface area is 192 Å². The van der Waals surface area contributed by atoms with Crippen LogP contribution in [0.15, 0.2) is 48.5 Å². The number of carbonyl (C=O) groups excluding carboxylic acids is 2. The molecule has 174 valence electrons. The van der Waals surface area contributed by atoms with Gasteiger partial charge < -0.3 is 20.1 Å². The standard InChI is InChI=1S/C23H21F3N2O4S/c1-13-10-19(28-21(29)15-4-3-5-16(24)12-15)33-20(13)22(30)27-9-8-14-6-7-17(31-2)18(11-14)32-23(25)26/h3-7,10-12,23H,8-9H2,1-2H3,(H,27,30)(H,28,29). The Morgan fingerprint density at radius 3 is 2.55 bits per heavy atom. The molecule has 3 aromatic rings. The normalized spacial score (nSPS) is 10.7. The lowest BCUT2D eigenvalue weighted by molar-refractivity contribution is -0.0512. The van der Waals surface area contributed by atoms with Crippen molar-refractivity contribution in [3.8, 4) is 11.5 Å². The zero-order chi connectivity index (χ0) is 24.0. The lowest BCUT2D eigenvalue weighted by Gasteiger charge is -2.12. The Balaban J connectivity index is 1.59. The number of aryl methyl sites for hydroxylation is 1. The smallest absolute Gasteiger partial charge is 0.387 e. The monoisotopic (exact) mass is 478 g/mol. The fraction of sp³-hybridized carbons (Fsp3) is 0.217. The van der Waals surface area contributed by atoms with E-state index in [0.717, 1.165) is 17.4 Å². The Hall–Kier alpha value is -3.53. The van der Waals surface area contributed by atoms with Gasteiger partial charge in [0.2, 0.25) is 0 Å². The number of benzene rings is 2. The number of rotatable bonds is 9. The second kappa shape index (κ2) is 10.9. The maximum absolute atomic E-state index is 13.3. The molecule has 10 heteroatoms. The summed E-state index contributed by atoms with van der Waals surface area (Å²) in [5.74, 6) is -1.23. The molecule has 0 spiro atoms. The summed E-state index contributed by atoms with van der Waals surface area (Å²) in [6, 6.07) is 11.6. The predicted molar refractivity (Wildman–Crippen MR) is 119 cm³/mol. The Morgan fingerprint density at radius 1 is 1.06 bits per heavy atom. The highest BCUT2D eigenvalue weighted by molar-refractivity contribution is 7.18. The van der Waals surface area contributed by atoms with Gasteiger partial charge in [-0.1, -0.05) is 12.1 Å². The van der Waals surface area contributed by atoms with Crippen LogP contribution in [0.1, 0.15) is 31.2 Å². The number of ether oxygens (including phenoxy) is 2. The number of methoxy groups -OCH3 is 1. The number of hydrogen-bond donors (Lipinski definition) is 2. The van der Waals surface area contributed by atoms with Crippen molar-refractivity contribution in [2.75, 3.05) is 19.0 Å². The predicted octanol–water partition coefficient (Wildman–Crippen LogP) is 5.03. The van der Waals surface area contributed by atoms with Crippen LogP contribution in [0.5, 0.6) is 11.5 Å². The van der Waals surface area contributed by atoms with Gasteiger partial charge in [-0.05, 0) is 60.9 Å². The summed E-state index contributed by atoms with van der Waals surface area (Å²) in [6.45, 7) is -0.992. The summed E-state index contributed by atoms with van der Waals surface area (Å²) in [7, 11) is 1.35. The molecule has 0 saturated carbocycles. The van der Waals surface area contributed by atoms with Gasteiger partial charge in [-0.25, -0.2) is 4.39 Å². The molecule has 0 saturated heterocycles. The third kappa shape index (κ3) is 6.48. The number of halogens is 3. The number of anilines is 1. The molecule has 1 heterocycles. The third-order valence-electron chi connectivity index (χ3n) is 4.59. The zero-order valence-corrected chi connectivity index (χ0v) is 18.6. The third-order valence-corrected chi connectivity index (χ3v) is 5.74. The highest BCUT2D eigenvalue weighted by Crippen LogP contribution is 2.30. The van der Waals surface area contributed by atoms with E-state index in [0.29, 0.717) is 27.4 Å². The van der Waals surface area contributed by atoms with Crippen LogP contribution in [0, 0.1) is 12.7 Å². The van der Waals surface area contributed by atoms with Gasteiger partial charge in [0, 0.05) is 12.1 Å². The minimum Gasteiger partial charge on any atom is -0.493 e. The first kappa shape index (κ1) is 24.1. The highest BCUT2D eigenvalue weighted by Gasteiger charge is 2.16. The van der Waals surface area contributed by atoms with Crippen LogP contribution in [0.3, 0.4) is 0 Å². The fourth-order valence-corrected chi connectivity index (χ4v) is 4.03. The van der Waals surface area contributed by atoms with E-state index >= 15 is 0 Å². The van der Waals surface area contributed by atoms with E-state index in [4.69, 9.17) is 4.74 Å². The minimum absolute atomic E-state index is 0.0795. The molecule has 1 aromatic heterocycles. The molecule has 0 aliphatic rings. The van der Waals surface area contributed by atoms with E-state index in [-0.39, 0.29) is 29.5 Å². The van der Waals surface area contributed by atoms with Crippen molar-refractivity contribution >= 4 is 28.2 Å². The van der Waals surface area contributed by atoms with E-state index in [1.165, 1.54) is 37.4 Å². The molecule has 0 fully saturated rings. The number of hydrogen-bond acceptors (Lipinski definition) is 5. The van der Waals surface area contributed by atoms with Crippen molar-refractivity contribution in [3.63, 3.8) is 0 Å². The maximum Gasteiger partial charge on any atom is 0.387 e. The minimum atomic E-state index is -2.98. The average Bonchev–Trinajstić information content (AvgIpc) is 3.13. The van der Waals surface area contributed by atoms with Gasteiger partial charge in [-0.15, -0.1) is 11.3 Å². The first-order chi connectivity index (χ1) is 15.8. The Kier molecular flexibility index (Phi) is 7.94. The number of amides is 2. The Morgan fingerprint density at radius 2 is 1.85 bits per heavy atom. The molecule has 2 N–H and O–H groups in total. The molecule has 0 aliphatic carbocycles. The second-order valence-electron chi connectivity index (χ2n) is 6.96. The molecule has 33 heavy (non-hydrogen) atoms. The molecule has 2 aromatic carbocycles. The largest absolute Gasteiger partial charge is 0.493 e. The molecule has 0 bridgehead atoms. The first-order valence-electron chi connectivity index (χ1n) is 9.84. The topological polar surface area (TPSA) is 76.7 Å². The van der Waals surface area contributed by atoms with Gasteiger partial charge in [-0.3, -0.25) is 9.59 Å². The van der Waals surface area contributed by atoms with Gasteiger partial charge in [0.1, 0.15) is 5.82 Å². The van der Waals surface area contributed by atoms with Crippen LogP contribution in [0.25, 0.3) is 0 Å². The van der Waals surface area contributed by atoms with Crippen LogP contribution in [0.4, 0.5) is 18.2 Å². The summed E-state index contributed by atoms with van der Waals surface area (Å²) < 4.78 is 47.9. The van der Waals surface area contributed by atoms with Crippen LogP contribution >= 0.6 is 11.3 Å². The van der Waals surface area contributed by atoms with Crippen molar-refractivity contribution in [3.05, 3.63) is 75.9 Å². The highest BCUT2D eigenvalue weighted by atomic mass is 32.1. The first-order valence-corrected chi connectivity index (χ1v) is 10.7. The number of carbonyl (C=O) groups is 2. The summed E-state index contributed by atoms with van der Waals surface area (Å²) >= 11 is 1.10. The SMILES string of the molecule is COc1ccc(CCNC(=O)c2sc(NC(=O)c3cccc(F)c3)cc2C)cc1OC(F)F. The average molecular weight is 478 g/mol. The number of nitrogens with one attached hydrogen (secondary N) is 2. The second-order valence-corrected chi connectivity index (χ2v) is 8.01. The van der Waals surface area contributed by atoms with Crippen LogP contribution in [-0.2, 0) is 6.42 Å². The van der Waals surface area contributed by atoms with Gasteiger partial charge in [0.25, 0.3) is 11.8 Å². The van der Waals surface area contributed by atoms with Crippen molar-refractivity contribution in [1.29, 1.82) is 0 Å². The lowest BCUT2D eigenvalue weighted by Crippen LogP contribution is -2.25. The molecule has 3 rings (SSSR count). The Bertz CT molecular complexity index is 1150. The van der Waals surface area contributed by atoms with Gasteiger partial charge in [0.15, 0.2) is 11.5 Å².